The van der Waals surface area contributed by atoms with Gasteiger partial charge in [0.2, 0.25) is 0 Å². The summed E-state index contributed by atoms with van der Waals surface area (Å²) in [5.74, 6) is 0. The normalized spacial score (nSPS) is 47.2. The van der Waals surface area contributed by atoms with Crippen molar-refractivity contribution in [1.29, 1.82) is 0 Å². The Morgan fingerprint density at radius 1 is 0.316 bits per heavy atom. The van der Waals surface area contributed by atoms with Gasteiger partial charge < -0.3 is 168 Å². The molecule has 0 radical (unpaired) electrons. The average Bonchev–Trinajstić information content (AvgIpc) is 1.49. The molecule has 0 spiro atoms. The van der Waals surface area contributed by atoms with Gasteiger partial charge in [-0.1, -0.05) is 0 Å². The fourth-order valence-corrected chi connectivity index (χ4v) is 14.7. The molecule has 23 rings (SSSR count). The minimum Gasteiger partial charge on any atom is -0.394 e. The van der Waals surface area contributed by atoms with Crippen LogP contribution in [-0.4, -0.2) is 414 Å². The molecule has 0 aliphatic carbocycles. The molecule has 35 atom stereocenters. The predicted octanol–water partition coefficient (Wildman–Crippen LogP) is -15.4. The molecule has 0 amide bonds. The maximum atomic E-state index is 12.8. The number of aromatic nitrogens is 1. The molecule has 0 saturated carbocycles. The van der Waals surface area contributed by atoms with Crippen molar-refractivity contribution in [3.63, 3.8) is 0 Å². The van der Waals surface area contributed by atoms with Crippen molar-refractivity contribution in [2.75, 3.05) is 78.9 Å². The van der Waals surface area contributed by atoms with E-state index in [1.807, 2.05) is 21.8 Å². The van der Waals surface area contributed by atoms with Gasteiger partial charge in [0.05, 0.1) is 39.6 Å². The van der Waals surface area contributed by atoms with Gasteiger partial charge >= 0.3 is 130 Å². The molecule has 2 aromatic rings. The number of nitrogens with zero attached hydrogens (tertiary/aromatic N) is 1. The van der Waals surface area contributed by atoms with E-state index in [4.69, 9.17) is 66.3 Å². The third-order valence-electron chi connectivity index (χ3n) is 18.0. The fourth-order valence-electron chi connectivity index (χ4n) is 12.6. The van der Waals surface area contributed by atoms with Crippen LogP contribution in [0.3, 0.4) is 0 Å². The Balaban J connectivity index is 0.878. The maximum absolute atomic E-state index is 12.8. The topological polar surface area (TPSA) is 592 Å². The van der Waals surface area contributed by atoms with Crippen LogP contribution in [0.1, 0.15) is 0 Å². The summed E-state index contributed by atoms with van der Waals surface area (Å²) in [5, 5.41) is 235. The summed E-state index contributed by atoms with van der Waals surface area (Å²) in [6.45, 7) is -3.97. The Morgan fingerprint density at radius 3 is 0.832 bits per heavy atom. The van der Waals surface area contributed by atoms with Gasteiger partial charge in [-0.25, -0.2) is 0 Å². The van der Waals surface area contributed by atoms with Crippen LogP contribution in [0.25, 0.3) is 9.65 Å². The first kappa shape index (κ1) is 75.4. The van der Waals surface area contributed by atoms with E-state index in [1.165, 1.54) is 0 Å². The summed E-state index contributed by atoms with van der Waals surface area (Å²) >= 11 is -0.125. The van der Waals surface area contributed by atoms with E-state index >= 15 is 0 Å². The Bertz CT molecular complexity index is 2720. The van der Waals surface area contributed by atoms with Gasteiger partial charge in [0.15, 0.2) is 44.0 Å². The summed E-state index contributed by atoms with van der Waals surface area (Å²) < 4.78 is 84.6. The predicted molar refractivity (Wildman–Crippen MR) is 305 cm³/mol. The Labute approximate surface area is 545 Å². The van der Waals surface area contributed by atoms with Crippen LogP contribution < -0.4 is 21.5 Å². The summed E-state index contributed by atoms with van der Waals surface area (Å²) in [7, 11) is 0. The van der Waals surface area contributed by atoms with Gasteiger partial charge in [-0.15, -0.1) is 0 Å². The smallest absolute Gasteiger partial charge is 0.394 e. The molecule has 40 heteroatoms. The van der Waals surface area contributed by atoms with Crippen LogP contribution in [0.2, 0.25) is 0 Å². The van der Waals surface area contributed by atoms with Crippen LogP contribution in [0, 0.1) is 0 Å². The molecule has 95 heavy (non-hydrogen) atoms. The molecule has 0 unspecified atom stereocenters. The molecular weight excluding hydrogens is 1360 g/mol. The van der Waals surface area contributed by atoms with Gasteiger partial charge in [-0.2, -0.15) is 0 Å². The van der Waals surface area contributed by atoms with E-state index in [0.29, 0.717) is 38.1 Å². The quantitative estimate of drug-likeness (QED) is 0.0516. The first-order valence-corrected chi connectivity index (χ1v) is 32.8. The summed E-state index contributed by atoms with van der Waals surface area (Å²) in [6, 6.07) is 7.46. The van der Waals surface area contributed by atoms with E-state index in [-0.39, 0.29) is 33.4 Å². The average molecular weight is 1440 g/mol. The Kier molecular flexibility index (Phi) is 26.7. The number of hydrogen-bond donors (Lipinski definition) is 23. The third kappa shape index (κ3) is 16.2. The number of fused-ring (bicyclic) bond motifs is 1. The number of hydrogen-bond acceptors (Lipinski definition) is 38. The van der Waals surface area contributed by atoms with E-state index in [0.717, 1.165) is 4.26 Å². The molecule has 1 aromatic carbocycles. The molecule has 544 valence electrons. The molecule has 21 saturated heterocycles. The molecule has 23 N–H and O–H groups in total. The Hall–Kier alpha value is -2.27. The number of aliphatic hydroxyl groups excluding tert-OH is 20. The zero-order chi connectivity index (χ0) is 68.3. The standard InChI is InChI=1S/C55H88N4O35Se/c60-12-20-42-29(68)36(75)51(83-20)91-44-22(14-62)85-53(38(77)31(44)70)93-46-24(16-64)87-55(40(79)33(46)72)94-47-25(17-65)86-54(39(78)32(47)71)92-45-23(15-63)84-52(37(76)30(45)69)90-43-21(13-61)82-50(35(74)28(43)67)88-41-19(81-49(89-42)34(73)27(41)66)11-58-8-7-56-5-6-57-9-10-59-48(80)18-3-1-2-4-26(18)95-59/h1-4,19-25,27-47,49-58,60-79H,5-17H2/t19-,20-,21-,22-,23-,24-,25-,27-,28-,29-,30-,31-,32-,33-,34-,35-,36-,37-,38-,39-,40-,41-,42-,43-,44-,45-,46-,47-,49-,50-,51-,52-,53-,54-,55-/m1/s1. The van der Waals surface area contributed by atoms with Crippen molar-refractivity contribution in [3.8, 4) is 0 Å². The van der Waals surface area contributed by atoms with Crippen LogP contribution in [-0.2, 0) is 72.9 Å². The second kappa shape index (κ2) is 33.7. The second-order valence-electron chi connectivity index (χ2n) is 24.2. The van der Waals surface area contributed by atoms with Gasteiger partial charge in [0.1, 0.15) is 165 Å². The van der Waals surface area contributed by atoms with Crippen molar-refractivity contribution in [1.82, 2.24) is 19.5 Å². The van der Waals surface area contributed by atoms with Gasteiger partial charge in [0, 0.05) is 0 Å². The molecule has 21 fully saturated rings. The van der Waals surface area contributed by atoms with E-state index in [2.05, 4.69) is 16.0 Å². The first-order valence-electron chi connectivity index (χ1n) is 31.1. The number of nitrogens with one attached hydrogen (secondary N) is 3. The molecule has 21 aliphatic heterocycles. The molecule has 22 heterocycles. The molecule has 1 aromatic heterocycles. The minimum atomic E-state index is -2.21. The van der Waals surface area contributed by atoms with Crippen molar-refractivity contribution < 1.29 is 168 Å². The third-order valence-corrected chi connectivity index (χ3v) is 20.3. The summed E-state index contributed by atoms with van der Waals surface area (Å²) in [6.07, 6.45) is -69.8. The van der Waals surface area contributed by atoms with Crippen LogP contribution in [0.15, 0.2) is 29.1 Å². The van der Waals surface area contributed by atoms with Crippen LogP contribution >= 0.6 is 0 Å². The first-order chi connectivity index (χ1) is 45.6. The summed E-state index contributed by atoms with van der Waals surface area (Å²) in [4.78, 5) is 12.8. The number of rotatable bonds is 17. The monoisotopic (exact) mass is 1440 g/mol. The van der Waals surface area contributed by atoms with Crippen molar-refractivity contribution in [2.24, 2.45) is 0 Å². The number of ether oxygens (including phenoxy) is 14. The number of aliphatic hydroxyl groups is 20. The van der Waals surface area contributed by atoms with Crippen molar-refractivity contribution in [3.05, 3.63) is 34.6 Å². The van der Waals surface area contributed by atoms with Crippen molar-refractivity contribution >= 4 is 24.4 Å². The van der Waals surface area contributed by atoms with E-state index in [9.17, 15) is 107 Å². The van der Waals surface area contributed by atoms with Crippen LogP contribution in [0.5, 0.6) is 0 Å². The Morgan fingerprint density at radius 2 is 0.558 bits per heavy atom. The fraction of sp³-hybridized carbons (Fsp3) is 0.873. The van der Waals surface area contributed by atoms with Gasteiger partial charge in [-0.05, 0) is 0 Å². The zero-order valence-electron chi connectivity index (χ0n) is 50.6. The van der Waals surface area contributed by atoms with Gasteiger partial charge in [-0.3, -0.25) is 0 Å². The van der Waals surface area contributed by atoms with E-state index < -0.39 is 255 Å². The minimum absolute atomic E-state index is 0.0166. The van der Waals surface area contributed by atoms with Crippen molar-refractivity contribution in [2.45, 2.75) is 221 Å². The molecule has 21 aliphatic rings. The zero-order valence-corrected chi connectivity index (χ0v) is 52.3. The van der Waals surface area contributed by atoms with Gasteiger partial charge in [0.25, 0.3) is 0 Å². The van der Waals surface area contributed by atoms with E-state index in [1.54, 1.807) is 6.07 Å². The SMILES string of the molecule is O=c1c2ccccc2[se]n1CCNCCNCCNC[C@H]1O[C@@H]2O[C@H]3[C@H](O)[C@@H](O)[C@@H](O[C@H]4[C@H](O)[C@@H](O)[C@@H](O[C@H]5[C@H](O)[C@@H](O)[C@@H](O[C@H]6[C@H](O)[C@@H](O)[C@@H](O[C@H]7[C@H](O)[C@@H](O)[C@@H](O[C@H]8[C@H](O)[C@@H](O)[C@@H](O[C@H]1[C@H](O)[C@H]2O)O[C@@H]8CO)O[C@@H]7CO)O[C@@H]6CO)O[C@@H]5CO)O[C@@H]4CO)O[C@@H]3CO. The summed E-state index contributed by atoms with van der Waals surface area (Å²) in [5.41, 5.74) is -0.0166. The number of benzene rings is 1. The second-order valence-corrected chi connectivity index (χ2v) is 26.4. The molecular formula is C55H88N4O35Se. The molecule has 14 bridgehead atoms. The van der Waals surface area contributed by atoms with Crippen LogP contribution in [0.4, 0.5) is 0 Å². The molecule has 39 nitrogen and oxygen atoms in total.